The fourth-order valence-corrected chi connectivity index (χ4v) is 2.02. The van der Waals surface area contributed by atoms with Gasteiger partial charge >= 0.3 is 5.97 Å². The van der Waals surface area contributed by atoms with Crippen molar-refractivity contribution in [3.63, 3.8) is 0 Å². The van der Waals surface area contributed by atoms with Crippen molar-refractivity contribution < 1.29 is 24.2 Å². The van der Waals surface area contributed by atoms with Gasteiger partial charge in [0, 0.05) is 13.1 Å². The second kappa shape index (κ2) is 9.50. The summed E-state index contributed by atoms with van der Waals surface area (Å²) >= 11 is 0. The highest BCUT2D eigenvalue weighted by Crippen LogP contribution is 2.28. The molecule has 6 heteroatoms. The molecule has 0 unspecified atom stereocenters. The van der Waals surface area contributed by atoms with Crippen LogP contribution in [0.15, 0.2) is 24.3 Å². The number of likely N-dealkylation sites (N-methyl/N-ethyl adjacent to an activating group) is 1. The van der Waals surface area contributed by atoms with E-state index >= 15 is 0 Å². The maximum absolute atomic E-state index is 12.1. The molecule has 0 heterocycles. The van der Waals surface area contributed by atoms with Gasteiger partial charge in [0.2, 0.25) is 0 Å². The third-order valence-electron chi connectivity index (χ3n) is 3.23. The molecule has 0 fully saturated rings. The third kappa shape index (κ3) is 6.02. The molecule has 0 aliphatic rings. The second-order valence-corrected chi connectivity index (χ2v) is 4.82. The Morgan fingerprint density at radius 2 is 2.04 bits per heavy atom. The molecule has 6 nitrogen and oxygen atoms in total. The van der Waals surface area contributed by atoms with Crippen molar-refractivity contribution in [3.8, 4) is 11.5 Å². The number of ether oxygens (including phenoxy) is 2. The first-order valence-electron chi connectivity index (χ1n) is 7.44. The Morgan fingerprint density at radius 1 is 1.30 bits per heavy atom. The van der Waals surface area contributed by atoms with Crippen molar-refractivity contribution in [1.82, 2.24) is 4.90 Å². The van der Waals surface area contributed by atoms with Crippen molar-refractivity contribution in [3.05, 3.63) is 29.8 Å². The number of benzene rings is 1. The SMILES string of the molecule is C/C=C/c1ccc(OCC(=O)N(CC)CCC(=O)O)c(OC)c1. The van der Waals surface area contributed by atoms with Crippen LogP contribution in [0.2, 0.25) is 0 Å². The van der Waals surface area contributed by atoms with Gasteiger partial charge in [0.15, 0.2) is 18.1 Å². The smallest absolute Gasteiger partial charge is 0.305 e. The van der Waals surface area contributed by atoms with E-state index < -0.39 is 5.97 Å². The Morgan fingerprint density at radius 3 is 2.61 bits per heavy atom. The van der Waals surface area contributed by atoms with Gasteiger partial charge in [-0.3, -0.25) is 9.59 Å². The lowest BCUT2D eigenvalue weighted by atomic mass is 10.2. The van der Waals surface area contributed by atoms with E-state index in [1.54, 1.807) is 13.0 Å². The summed E-state index contributed by atoms with van der Waals surface area (Å²) in [7, 11) is 1.54. The Labute approximate surface area is 136 Å². The Bertz CT molecular complexity index is 568. The van der Waals surface area contributed by atoms with Gasteiger partial charge in [-0.05, 0) is 31.5 Å². The molecule has 23 heavy (non-hydrogen) atoms. The molecule has 1 aromatic rings. The zero-order chi connectivity index (χ0) is 17.2. The van der Waals surface area contributed by atoms with Crippen LogP contribution in [-0.4, -0.2) is 48.7 Å². The van der Waals surface area contributed by atoms with Gasteiger partial charge < -0.3 is 19.5 Å². The average molecular weight is 321 g/mol. The van der Waals surface area contributed by atoms with Gasteiger partial charge in [0.1, 0.15) is 0 Å². The highest BCUT2D eigenvalue weighted by Gasteiger charge is 2.15. The number of hydrogen-bond donors (Lipinski definition) is 1. The number of carbonyl (C=O) groups is 2. The van der Waals surface area contributed by atoms with Crippen molar-refractivity contribution in [2.75, 3.05) is 26.8 Å². The summed E-state index contributed by atoms with van der Waals surface area (Å²) in [5.41, 5.74) is 0.972. The molecule has 1 amide bonds. The first-order valence-corrected chi connectivity index (χ1v) is 7.44. The minimum atomic E-state index is -0.932. The molecule has 0 saturated carbocycles. The lowest BCUT2D eigenvalue weighted by molar-refractivity contribution is -0.139. The Kier molecular flexibility index (Phi) is 7.66. The summed E-state index contributed by atoms with van der Waals surface area (Å²) in [4.78, 5) is 24.1. The van der Waals surface area contributed by atoms with Gasteiger partial charge in [0.05, 0.1) is 13.5 Å². The number of allylic oxidation sites excluding steroid dienone is 1. The average Bonchev–Trinajstić information content (AvgIpc) is 2.54. The lowest BCUT2D eigenvalue weighted by Crippen LogP contribution is -2.36. The van der Waals surface area contributed by atoms with Crippen LogP contribution in [0.3, 0.4) is 0 Å². The zero-order valence-electron chi connectivity index (χ0n) is 13.7. The molecule has 0 radical (unpaired) electrons. The molecule has 0 spiro atoms. The number of hydrogen-bond acceptors (Lipinski definition) is 4. The first-order chi connectivity index (χ1) is 11.0. The van der Waals surface area contributed by atoms with Gasteiger partial charge in [-0.2, -0.15) is 0 Å². The van der Waals surface area contributed by atoms with Crippen LogP contribution in [0.25, 0.3) is 6.08 Å². The standard InChI is InChI=1S/C17H23NO5/c1-4-6-13-7-8-14(15(11-13)22-3)23-12-16(19)18(5-2)10-9-17(20)21/h4,6-8,11H,5,9-10,12H2,1-3H3,(H,20,21)/b6-4+. The quantitative estimate of drug-likeness (QED) is 0.756. The van der Waals surface area contributed by atoms with Gasteiger partial charge in [0.25, 0.3) is 5.91 Å². The van der Waals surface area contributed by atoms with Crippen molar-refractivity contribution >= 4 is 18.0 Å². The van der Waals surface area contributed by atoms with E-state index in [0.29, 0.717) is 18.0 Å². The van der Waals surface area contributed by atoms with Crippen molar-refractivity contribution in [2.24, 2.45) is 0 Å². The number of carbonyl (C=O) groups excluding carboxylic acids is 1. The number of nitrogens with zero attached hydrogens (tertiary/aromatic N) is 1. The molecule has 0 aliphatic carbocycles. The maximum atomic E-state index is 12.1. The largest absolute Gasteiger partial charge is 0.493 e. The van der Waals surface area contributed by atoms with Crippen LogP contribution in [-0.2, 0) is 9.59 Å². The highest BCUT2D eigenvalue weighted by molar-refractivity contribution is 5.78. The second-order valence-electron chi connectivity index (χ2n) is 4.82. The summed E-state index contributed by atoms with van der Waals surface area (Å²) in [6.45, 7) is 4.17. The topological polar surface area (TPSA) is 76.1 Å². The molecule has 0 atom stereocenters. The van der Waals surface area contributed by atoms with Crippen LogP contribution in [0.1, 0.15) is 25.8 Å². The third-order valence-corrected chi connectivity index (χ3v) is 3.23. The molecule has 0 saturated heterocycles. The summed E-state index contributed by atoms with van der Waals surface area (Å²) in [5, 5.41) is 8.69. The Balaban J connectivity index is 2.69. The number of carboxylic acids is 1. The molecule has 0 bridgehead atoms. The van der Waals surface area contributed by atoms with E-state index in [4.69, 9.17) is 14.6 Å². The normalized spacial score (nSPS) is 10.6. The summed E-state index contributed by atoms with van der Waals surface area (Å²) in [5.74, 6) is -0.169. The number of amides is 1. The first kappa shape index (κ1) is 18.5. The molecule has 1 aromatic carbocycles. The minimum Gasteiger partial charge on any atom is -0.493 e. The van der Waals surface area contributed by atoms with Gasteiger partial charge in [-0.25, -0.2) is 0 Å². The number of methoxy groups -OCH3 is 1. The summed E-state index contributed by atoms with van der Waals surface area (Å²) < 4.78 is 10.8. The lowest BCUT2D eigenvalue weighted by Gasteiger charge is -2.20. The fraction of sp³-hybridized carbons (Fsp3) is 0.412. The molecule has 126 valence electrons. The molecular weight excluding hydrogens is 298 g/mol. The molecule has 1 N–H and O–H groups in total. The van der Waals surface area contributed by atoms with Crippen LogP contribution in [0, 0.1) is 0 Å². The van der Waals surface area contributed by atoms with Crippen molar-refractivity contribution in [2.45, 2.75) is 20.3 Å². The summed E-state index contributed by atoms with van der Waals surface area (Å²) in [6.07, 6.45) is 3.77. The summed E-state index contributed by atoms with van der Waals surface area (Å²) in [6, 6.07) is 5.43. The van der Waals surface area contributed by atoms with E-state index in [0.717, 1.165) is 5.56 Å². The van der Waals surface area contributed by atoms with E-state index in [9.17, 15) is 9.59 Å². The highest BCUT2D eigenvalue weighted by atomic mass is 16.5. The van der Waals surface area contributed by atoms with Gasteiger partial charge in [-0.1, -0.05) is 18.2 Å². The molecular formula is C17H23NO5. The van der Waals surface area contributed by atoms with Crippen LogP contribution in [0.4, 0.5) is 0 Å². The van der Waals surface area contributed by atoms with E-state index in [2.05, 4.69) is 0 Å². The molecule has 0 aliphatic heterocycles. The molecule has 0 aromatic heterocycles. The number of aliphatic carboxylic acids is 1. The van der Waals surface area contributed by atoms with E-state index in [1.807, 2.05) is 31.2 Å². The minimum absolute atomic E-state index is 0.0824. The van der Waals surface area contributed by atoms with Gasteiger partial charge in [-0.15, -0.1) is 0 Å². The number of carboxylic acid groups (broad SMARTS) is 1. The fourth-order valence-electron chi connectivity index (χ4n) is 2.02. The predicted octanol–water partition coefficient (Wildman–Crippen LogP) is 2.43. The monoisotopic (exact) mass is 321 g/mol. The number of rotatable bonds is 9. The van der Waals surface area contributed by atoms with E-state index in [-0.39, 0.29) is 25.5 Å². The molecule has 1 rings (SSSR count). The maximum Gasteiger partial charge on any atom is 0.305 e. The van der Waals surface area contributed by atoms with E-state index in [1.165, 1.54) is 12.0 Å². The van der Waals surface area contributed by atoms with Crippen LogP contribution < -0.4 is 9.47 Å². The zero-order valence-corrected chi connectivity index (χ0v) is 13.7. The predicted molar refractivity (Wildman–Crippen MR) is 87.7 cm³/mol. The van der Waals surface area contributed by atoms with Crippen LogP contribution >= 0.6 is 0 Å². The Hall–Kier alpha value is -2.50. The van der Waals surface area contributed by atoms with Crippen molar-refractivity contribution in [1.29, 1.82) is 0 Å². The van der Waals surface area contributed by atoms with Crippen LogP contribution in [0.5, 0.6) is 11.5 Å².